The van der Waals surface area contributed by atoms with Gasteiger partial charge >= 0.3 is 0 Å². The van der Waals surface area contributed by atoms with Crippen LogP contribution in [0.3, 0.4) is 0 Å². The van der Waals surface area contributed by atoms with Crippen molar-refractivity contribution in [1.29, 1.82) is 0 Å². The maximum atomic E-state index is 5.20. The minimum absolute atomic E-state index is 0.471. The summed E-state index contributed by atoms with van der Waals surface area (Å²) >= 11 is 0. The SMILES string of the molecule is CCC(C)NOCC(C)C. The lowest BCUT2D eigenvalue weighted by atomic mass is 10.2. The van der Waals surface area contributed by atoms with Crippen LogP contribution in [0.15, 0.2) is 0 Å². The van der Waals surface area contributed by atoms with E-state index in [1.807, 2.05) is 0 Å². The number of rotatable bonds is 5. The van der Waals surface area contributed by atoms with Crippen LogP contribution >= 0.6 is 0 Å². The summed E-state index contributed by atoms with van der Waals surface area (Å²) in [5.41, 5.74) is 2.96. The Morgan fingerprint density at radius 2 is 1.90 bits per heavy atom. The molecule has 0 amide bonds. The van der Waals surface area contributed by atoms with Gasteiger partial charge in [-0.3, -0.25) is 0 Å². The number of hydrogen-bond acceptors (Lipinski definition) is 2. The fourth-order valence-corrected chi connectivity index (χ4v) is 0.440. The van der Waals surface area contributed by atoms with Crippen LogP contribution in [0.2, 0.25) is 0 Å². The summed E-state index contributed by atoms with van der Waals surface area (Å²) < 4.78 is 0. The Morgan fingerprint density at radius 1 is 1.30 bits per heavy atom. The molecule has 62 valence electrons. The van der Waals surface area contributed by atoms with E-state index >= 15 is 0 Å². The largest absolute Gasteiger partial charge is 0.301 e. The standard InChI is InChI=1S/C8H19NO/c1-5-8(4)9-10-6-7(2)3/h7-9H,5-6H2,1-4H3. The van der Waals surface area contributed by atoms with Gasteiger partial charge in [0.25, 0.3) is 0 Å². The highest BCUT2D eigenvalue weighted by Crippen LogP contribution is 1.92. The van der Waals surface area contributed by atoms with Crippen molar-refractivity contribution < 1.29 is 4.84 Å². The molecule has 0 saturated heterocycles. The van der Waals surface area contributed by atoms with Gasteiger partial charge in [0.05, 0.1) is 6.61 Å². The van der Waals surface area contributed by atoms with E-state index in [2.05, 4.69) is 33.2 Å². The highest BCUT2D eigenvalue weighted by Gasteiger charge is 1.97. The van der Waals surface area contributed by atoms with Crippen molar-refractivity contribution in [2.24, 2.45) is 5.92 Å². The fourth-order valence-electron chi connectivity index (χ4n) is 0.440. The minimum atomic E-state index is 0.471. The Morgan fingerprint density at radius 3 is 2.30 bits per heavy atom. The summed E-state index contributed by atoms with van der Waals surface area (Å²) in [5.74, 6) is 0.608. The molecule has 1 N–H and O–H groups in total. The number of nitrogens with one attached hydrogen (secondary N) is 1. The van der Waals surface area contributed by atoms with Crippen LogP contribution in [0.1, 0.15) is 34.1 Å². The molecule has 0 rings (SSSR count). The second kappa shape index (κ2) is 5.69. The molecule has 0 aromatic carbocycles. The summed E-state index contributed by atoms with van der Waals surface area (Å²) in [5, 5.41) is 0. The molecule has 0 heterocycles. The maximum absolute atomic E-state index is 5.20. The van der Waals surface area contributed by atoms with E-state index in [1.165, 1.54) is 0 Å². The van der Waals surface area contributed by atoms with E-state index in [0.29, 0.717) is 12.0 Å². The van der Waals surface area contributed by atoms with Gasteiger partial charge in [-0.25, -0.2) is 0 Å². The third-order valence-electron chi connectivity index (χ3n) is 1.31. The molecule has 1 unspecified atom stereocenters. The second-order valence-corrected chi connectivity index (χ2v) is 3.13. The monoisotopic (exact) mass is 145 g/mol. The molecule has 1 atom stereocenters. The fraction of sp³-hybridized carbons (Fsp3) is 1.00. The topological polar surface area (TPSA) is 21.3 Å². The van der Waals surface area contributed by atoms with Crippen molar-refractivity contribution in [3.8, 4) is 0 Å². The Balaban J connectivity index is 3.03. The third kappa shape index (κ3) is 6.05. The van der Waals surface area contributed by atoms with Crippen molar-refractivity contribution >= 4 is 0 Å². The van der Waals surface area contributed by atoms with Gasteiger partial charge in [0.2, 0.25) is 0 Å². The first-order valence-corrected chi connectivity index (χ1v) is 4.04. The molecular weight excluding hydrogens is 126 g/mol. The van der Waals surface area contributed by atoms with Gasteiger partial charge < -0.3 is 4.84 Å². The van der Waals surface area contributed by atoms with Gasteiger partial charge in [0, 0.05) is 6.04 Å². The molecule has 0 aliphatic heterocycles. The van der Waals surface area contributed by atoms with Crippen LogP contribution < -0.4 is 5.48 Å². The Bertz CT molecular complexity index is 73.7. The molecule has 2 nitrogen and oxygen atoms in total. The van der Waals surface area contributed by atoms with Crippen LogP contribution in [0.25, 0.3) is 0 Å². The van der Waals surface area contributed by atoms with E-state index in [0.717, 1.165) is 13.0 Å². The predicted octanol–water partition coefficient (Wildman–Crippen LogP) is 1.96. The number of hydroxylamine groups is 1. The second-order valence-electron chi connectivity index (χ2n) is 3.13. The molecule has 0 aliphatic carbocycles. The summed E-state index contributed by atoms with van der Waals surface area (Å²) in [6.07, 6.45) is 1.11. The van der Waals surface area contributed by atoms with Gasteiger partial charge in [-0.15, -0.1) is 0 Å². The first kappa shape index (κ1) is 9.92. The lowest BCUT2D eigenvalue weighted by molar-refractivity contribution is 0.00395. The molecule has 10 heavy (non-hydrogen) atoms. The summed E-state index contributed by atoms with van der Waals surface area (Å²) in [6.45, 7) is 9.32. The molecule has 0 aromatic heterocycles. The van der Waals surface area contributed by atoms with Crippen molar-refractivity contribution in [2.45, 2.75) is 40.2 Å². The molecule has 0 aromatic rings. The molecule has 0 spiro atoms. The van der Waals surface area contributed by atoms with Gasteiger partial charge in [0.15, 0.2) is 0 Å². The Hall–Kier alpha value is -0.0800. The van der Waals surface area contributed by atoms with E-state index in [1.54, 1.807) is 0 Å². The van der Waals surface area contributed by atoms with Crippen LogP contribution in [-0.4, -0.2) is 12.6 Å². The Labute approximate surface area is 63.9 Å². The zero-order valence-corrected chi connectivity index (χ0v) is 7.48. The Kier molecular flexibility index (Phi) is 5.64. The van der Waals surface area contributed by atoms with Crippen LogP contribution in [0.5, 0.6) is 0 Å². The lowest BCUT2D eigenvalue weighted by Gasteiger charge is -2.12. The third-order valence-corrected chi connectivity index (χ3v) is 1.31. The highest BCUT2D eigenvalue weighted by molar-refractivity contribution is 4.48. The van der Waals surface area contributed by atoms with Gasteiger partial charge in [-0.1, -0.05) is 20.8 Å². The molecule has 0 fully saturated rings. The van der Waals surface area contributed by atoms with Gasteiger partial charge in [-0.05, 0) is 19.3 Å². The highest BCUT2D eigenvalue weighted by atomic mass is 16.6. The molecule has 0 bridgehead atoms. The van der Waals surface area contributed by atoms with Crippen LogP contribution in [0.4, 0.5) is 0 Å². The summed E-state index contributed by atoms with van der Waals surface area (Å²) in [6, 6.07) is 0.471. The van der Waals surface area contributed by atoms with E-state index < -0.39 is 0 Å². The lowest BCUT2D eigenvalue weighted by Crippen LogP contribution is -2.26. The average Bonchev–Trinajstić information content (AvgIpc) is 1.87. The molecular formula is C8H19NO. The smallest absolute Gasteiger partial charge is 0.0705 e. The average molecular weight is 145 g/mol. The van der Waals surface area contributed by atoms with Crippen LogP contribution in [-0.2, 0) is 4.84 Å². The minimum Gasteiger partial charge on any atom is -0.301 e. The van der Waals surface area contributed by atoms with E-state index in [-0.39, 0.29) is 0 Å². The molecule has 0 aliphatic rings. The maximum Gasteiger partial charge on any atom is 0.0705 e. The first-order valence-electron chi connectivity index (χ1n) is 4.04. The van der Waals surface area contributed by atoms with E-state index in [9.17, 15) is 0 Å². The first-order chi connectivity index (χ1) is 4.66. The summed E-state index contributed by atoms with van der Waals surface area (Å²) in [4.78, 5) is 5.20. The van der Waals surface area contributed by atoms with Crippen molar-refractivity contribution in [2.75, 3.05) is 6.61 Å². The zero-order chi connectivity index (χ0) is 7.98. The van der Waals surface area contributed by atoms with Crippen molar-refractivity contribution in [3.63, 3.8) is 0 Å². The molecule has 2 heteroatoms. The zero-order valence-electron chi connectivity index (χ0n) is 7.48. The molecule has 0 radical (unpaired) electrons. The van der Waals surface area contributed by atoms with Crippen LogP contribution in [0, 0.1) is 5.92 Å². The van der Waals surface area contributed by atoms with Gasteiger partial charge in [0.1, 0.15) is 0 Å². The molecule has 0 saturated carbocycles. The van der Waals surface area contributed by atoms with E-state index in [4.69, 9.17) is 4.84 Å². The van der Waals surface area contributed by atoms with Gasteiger partial charge in [-0.2, -0.15) is 5.48 Å². The quantitative estimate of drug-likeness (QED) is 0.597. The van der Waals surface area contributed by atoms with Crippen molar-refractivity contribution in [3.05, 3.63) is 0 Å². The van der Waals surface area contributed by atoms with Crippen molar-refractivity contribution in [1.82, 2.24) is 5.48 Å². The normalized spacial score (nSPS) is 14.1. The predicted molar refractivity (Wildman–Crippen MR) is 43.7 cm³/mol. The summed E-state index contributed by atoms with van der Waals surface area (Å²) in [7, 11) is 0. The number of hydrogen-bond donors (Lipinski definition) is 1.